The molecule has 0 amide bonds. The summed E-state index contributed by atoms with van der Waals surface area (Å²) < 4.78 is 4.26. The average Bonchev–Trinajstić information content (AvgIpc) is 2.53. The summed E-state index contributed by atoms with van der Waals surface area (Å²) in [7, 11) is 0. The SMILES string of the molecule is CC1SCCSC1c1nsc(N)n1. The van der Waals surface area contributed by atoms with Crippen LogP contribution in [0, 0.1) is 0 Å². The van der Waals surface area contributed by atoms with Gasteiger partial charge in [-0.15, -0.1) is 11.8 Å². The number of anilines is 1. The molecule has 0 aromatic carbocycles. The maximum absolute atomic E-state index is 5.56. The first kappa shape index (κ1) is 9.61. The zero-order valence-electron chi connectivity index (χ0n) is 7.27. The van der Waals surface area contributed by atoms with Crippen molar-refractivity contribution in [2.75, 3.05) is 17.2 Å². The molecule has 3 nitrogen and oxygen atoms in total. The fraction of sp³-hybridized carbons (Fsp3) is 0.714. The molecule has 1 aromatic heterocycles. The van der Waals surface area contributed by atoms with Crippen molar-refractivity contribution in [3.63, 3.8) is 0 Å². The third-order valence-corrected chi connectivity index (χ3v) is 5.54. The van der Waals surface area contributed by atoms with E-state index in [0.29, 0.717) is 15.6 Å². The molecule has 2 unspecified atom stereocenters. The fourth-order valence-electron chi connectivity index (χ4n) is 1.28. The van der Waals surface area contributed by atoms with Crippen LogP contribution < -0.4 is 5.73 Å². The van der Waals surface area contributed by atoms with Gasteiger partial charge in [0.05, 0.1) is 5.25 Å². The molecule has 13 heavy (non-hydrogen) atoms. The molecule has 1 saturated heterocycles. The van der Waals surface area contributed by atoms with Crippen LogP contribution in [0.5, 0.6) is 0 Å². The van der Waals surface area contributed by atoms with Gasteiger partial charge in [-0.2, -0.15) is 16.1 Å². The lowest BCUT2D eigenvalue weighted by molar-refractivity contribution is 0.850. The van der Waals surface area contributed by atoms with Gasteiger partial charge in [-0.25, -0.2) is 4.98 Å². The molecule has 1 aliphatic rings. The van der Waals surface area contributed by atoms with E-state index in [1.165, 1.54) is 23.0 Å². The highest BCUT2D eigenvalue weighted by Gasteiger charge is 2.27. The molecular weight excluding hydrogens is 222 g/mol. The van der Waals surface area contributed by atoms with Crippen molar-refractivity contribution < 1.29 is 0 Å². The standard InChI is InChI=1S/C7H11N3S3/c1-4-5(12-3-2-11-4)6-9-7(8)13-10-6/h4-5H,2-3H2,1H3,(H2,8,9,10). The van der Waals surface area contributed by atoms with Crippen LogP contribution in [0.2, 0.25) is 0 Å². The van der Waals surface area contributed by atoms with Gasteiger partial charge >= 0.3 is 0 Å². The van der Waals surface area contributed by atoms with Gasteiger partial charge in [0.1, 0.15) is 0 Å². The number of thioether (sulfide) groups is 2. The minimum atomic E-state index is 0.437. The van der Waals surface area contributed by atoms with E-state index in [4.69, 9.17) is 5.73 Å². The predicted molar refractivity (Wildman–Crippen MR) is 61.4 cm³/mol. The lowest BCUT2D eigenvalue weighted by atomic mass is 10.3. The Hall–Kier alpha value is 0.0600. The van der Waals surface area contributed by atoms with E-state index in [-0.39, 0.29) is 0 Å². The van der Waals surface area contributed by atoms with E-state index in [2.05, 4.69) is 16.3 Å². The number of rotatable bonds is 1. The van der Waals surface area contributed by atoms with E-state index in [9.17, 15) is 0 Å². The molecule has 6 heteroatoms. The van der Waals surface area contributed by atoms with Crippen LogP contribution in [0.15, 0.2) is 0 Å². The lowest BCUT2D eigenvalue weighted by Gasteiger charge is -2.25. The molecule has 2 heterocycles. The van der Waals surface area contributed by atoms with Crippen LogP contribution in [-0.2, 0) is 0 Å². The van der Waals surface area contributed by atoms with Crippen molar-refractivity contribution >= 4 is 40.2 Å². The molecule has 0 saturated carbocycles. The number of nitrogens with zero attached hydrogens (tertiary/aromatic N) is 2. The van der Waals surface area contributed by atoms with Crippen molar-refractivity contribution in [1.29, 1.82) is 0 Å². The first-order valence-corrected chi connectivity index (χ1v) is 6.97. The maximum atomic E-state index is 5.56. The highest BCUT2D eigenvalue weighted by atomic mass is 32.2. The predicted octanol–water partition coefficient (Wildman–Crippen LogP) is 2.03. The van der Waals surface area contributed by atoms with E-state index in [0.717, 1.165) is 5.82 Å². The molecule has 2 atom stereocenters. The van der Waals surface area contributed by atoms with Gasteiger partial charge in [0.2, 0.25) is 0 Å². The van der Waals surface area contributed by atoms with E-state index in [1.807, 2.05) is 23.5 Å². The number of nitrogen functional groups attached to an aromatic ring is 1. The summed E-state index contributed by atoms with van der Waals surface area (Å²) in [5.74, 6) is 3.35. The summed E-state index contributed by atoms with van der Waals surface area (Å²) in [4.78, 5) is 4.24. The van der Waals surface area contributed by atoms with Crippen LogP contribution in [0.1, 0.15) is 18.0 Å². The van der Waals surface area contributed by atoms with Crippen LogP contribution in [0.3, 0.4) is 0 Å². The molecule has 2 rings (SSSR count). The Morgan fingerprint density at radius 2 is 2.15 bits per heavy atom. The van der Waals surface area contributed by atoms with Crippen molar-refractivity contribution in [2.24, 2.45) is 0 Å². The summed E-state index contributed by atoms with van der Waals surface area (Å²) in [6.45, 7) is 2.23. The fourth-order valence-corrected chi connectivity index (χ4v) is 4.51. The summed E-state index contributed by atoms with van der Waals surface area (Å²) in [5, 5.41) is 1.62. The lowest BCUT2D eigenvalue weighted by Crippen LogP contribution is -2.16. The van der Waals surface area contributed by atoms with Gasteiger partial charge in [0.15, 0.2) is 11.0 Å². The molecule has 2 N–H and O–H groups in total. The number of aromatic nitrogens is 2. The molecule has 0 spiro atoms. The monoisotopic (exact) mass is 233 g/mol. The zero-order valence-corrected chi connectivity index (χ0v) is 9.71. The second kappa shape index (κ2) is 4.06. The molecule has 0 aliphatic carbocycles. The second-order valence-electron chi connectivity index (χ2n) is 2.86. The van der Waals surface area contributed by atoms with E-state index in [1.54, 1.807) is 0 Å². The Bertz CT molecular complexity index is 288. The quantitative estimate of drug-likeness (QED) is 0.804. The Morgan fingerprint density at radius 1 is 1.38 bits per heavy atom. The third-order valence-electron chi connectivity index (χ3n) is 1.90. The Labute approximate surface area is 90.1 Å². The Balaban J connectivity index is 2.14. The number of hydrogen-bond donors (Lipinski definition) is 1. The van der Waals surface area contributed by atoms with E-state index >= 15 is 0 Å². The summed E-state index contributed by atoms with van der Waals surface area (Å²) >= 11 is 5.23. The molecule has 0 bridgehead atoms. The smallest absolute Gasteiger partial charge is 0.199 e. The van der Waals surface area contributed by atoms with Gasteiger partial charge in [-0.1, -0.05) is 6.92 Å². The zero-order chi connectivity index (χ0) is 9.26. The highest BCUT2D eigenvalue weighted by Crippen LogP contribution is 2.41. The third kappa shape index (κ3) is 2.11. The largest absolute Gasteiger partial charge is 0.374 e. The normalized spacial score (nSPS) is 29.0. The van der Waals surface area contributed by atoms with Crippen molar-refractivity contribution in [1.82, 2.24) is 9.36 Å². The van der Waals surface area contributed by atoms with Crippen molar-refractivity contribution in [2.45, 2.75) is 17.4 Å². The average molecular weight is 233 g/mol. The topological polar surface area (TPSA) is 51.8 Å². The molecule has 1 fully saturated rings. The second-order valence-corrected chi connectivity index (χ2v) is 6.38. The summed E-state index contributed by atoms with van der Waals surface area (Å²) in [6.07, 6.45) is 0. The van der Waals surface area contributed by atoms with E-state index < -0.39 is 0 Å². The van der Waals surface area contributed by atoms with Gasteiger partial charge in [-0.3, -0.25) is 0 Å². The van der Waals surface area contributed by atoms with Crippen LogP contribution in [0.4, 0.5) is 5.13 Å². The van der Waals surface area contributed by atoms with Crippen LogP contribution >= 0.6 is 35.1 Å². The molecular formula is C7H11N3S3. The Kier molecular flexibility index (Phi) is 3.00. The van der Waals surface area contributed by atoms with Crippen LogP contribution in [-0.4, -0.2) is 26.1 Å². The van der Waals surface area contributed by atoms with Gasteiger partial charge in [0.25, 0.3) is 0 Å². The highest BCUT2D eigenvalue weighted by molar-refractivity contribution is 8.06. The van der Waals surface area contributed by atoms with Gasteiger partial charge in [0, 0.05) is 28.3 Å². The number of nitrogens with two attached hydrogens (primary N) is 1. The summed E-state index contributed by atoms with van der Waals surface area (Å²) in [6, 6.07) is 0. The maximum Gasteiger partial charge on any atom is 0.199 e. The van der Waals surface area contributed by atoms with Gasteiger partial charge in [-0.05, 0) is 0 Å². The minimum absolute atomic E-state index is 0.437. The molecule has 72 valence electrons. The van der Waals surface area contributed by atoms with Crippen molar-refractivity contribution in [3.05, 3.63) is 5.82 Å². The molecule has 1 aromatic rings. The minimum Gasteiger partial charge on any atom is -0.374 e. The first-order chi connectivity index (χ1) is 6.27. The number of hydrogen-bond acceptors (Lipinski definition) is 6. The molecule has 0 radical (unpaired) electrons. The van der Waals surface area contributed by atoms with Crippen LogP contribution in [0.25, 0.3) is 0 Å². The van der Waals surface area contributed by atoms with Gasteiger partial charge < -0.3 is 5.73 Å². The van der Waals surface area contributed by atoms with Crippen molar-refractivity contribution in [3.8, 4) is 0 Å². The molecule has 1 aliphatic heterocycles. The first-order valence-electron chi connectivity index (χ1n) is 4.09. The Morgan fingerprint density at radius 3 is 2.77 bits per heavy atom. The summed E-state index contributed by atoms with van der Waals surface area (Å²) in [5.41, 5.74) is 5.56.